The average molecular weight is 594 g/mol. The number of carbonyl (C=O) groups excluding carboxylic acids is 1. The molecule has 39 heavy (non-hydrogen) atoms. The molecule has 0 heterocycles. The van der Waals surface area contributed by atoms with Crippen LogP contribution in [0.2, 0.25) is 0 Å². The molecular weight excluding hydrogens is 563 g/mol. The van der Waals surface area contributed by atoms with Crippen molar-refractivity contribution in [1.29, 1.82) is 0 Å². The Morgan fingerprint density at radius 1 is 0.718 bits per heavy atom. The van der Waals surface area contributed by atoms with Gasteiger partial charge in [0, 0.05) is 21.8 Å². The molecule has 5 rings (SSSR count). The second-order valence-electron chi connectivity index (χ2n) is 9.36. The Kier molecular flexibility index (Phi) is 9.04. The van der Waals surface area contributed by atoms with Gasteiger partial charge in [-0.25, -0.2) is 0 Å². The number of hydrogen-bond donors (Lipinski definition) is 0. The van der Waals surface area contributed by atoms with Crippen LogP contribution in [-0.4, -0.2) is 12.4 Å². The highest BCUT2D eigenvalue weighted by atomic mass is 79.9. The monoisotopic (exact) mass is 592 g/mol. The van der Waals surface area contributed by atoms with Gasteiger partial charge in [-0.05, 0) is 65.9 Å². The van der Waals surface area contributed by atoms with Gasteiger partial charge in [0.15, 0.2) is 12.4 Å². The summed E-state index contributed by atoms with van der Waals surface area (Å²) in [5, 5.41) is 2.62. The van der Waals surface area contributed by atoms with E-state index in [0.29, 0.717) is 5.56 Å². The van der Waals surface area contributed by atoms with Crippen molar-refractivity contribution in [2.75, 3.05) is 6.61 Å². The first-order chi connectivity index (χ1) is 19.1. The molecular formula is C35H30BrO2P. The van der Waals surface area contributed by atoms with E-state index in [-0.39, 0.29) is 12.4 Å². The fraction of sp³-hybridized carbons (Fsp3) is 0.114. The number of Topliss-reactive ketones (excluding diaryl/α,β-unsaturated/α-hetero) is 1. The minimum Gasteiger partial charge on any atom is -0.485 e. The quantitative estimate of drug-likeness (QED) is 0.120. The molecule has 2 nitrogen and oxygen atoms in total. The molecule has 0 saturated carbocycles. The van der Waals surface area contributed by atoms with Crippen molar-refractivity contribution < 1.29 is 9.53 Å². The summed E-state index contributed by atoms with van der Waals surface area (Å²) in [7, 11) is -0.646. The van der Waals surface area contributed by atoms with E-state index in [1.54, 1.807) is 0 Å². The highest BCUT2D eigenvalue weighted by Gasteiger charge is 2.18. The third-order valence-electron chi connectivity index (χ3n) is 6.70. The van der Waals surface area contributed by atoms with Crippen molar-refractivity contribution in [1.82, 2.24) is 0 Å². The molecule has 0 spiro atoms. The van der Waals surface area contributed by atoms with Gasteiger partial charge in [-0.3, -0.25) is 4.79 Å². The van der Waals surface area contributed by atoms with Crippen molar-refractivity contribution in [3.05, 3.63) is 149 Å². The molecule has 0 bridgehead atoms. The number of carbonyl (C=O) groups is 1. The predicted molar refractivity (Wildman–Crippen MR) is 168 cm³/mol. The molecule has 4 heteroatoms. The van der Waals surface area contributed by atoms with E-state index < -0.39 is 7.92 Å². The zero-order valence-corrected chi connectivity index (χ0v) is 24.4. The molecule has 0 N–H and O–H groups in total. The molecule has 0 radical (unpaired) electrons. The van der Waals surface area contributed by atoms with Crippen LogP contribution in [0.15, 0.2) is 132 Å². The Bertz CT molecular complexity index is 1510. The Labute approximate surface area is 240 Å². The summed E-state index contributed by atoms with van der Waals surface area (Å²) >= 11 is 3.64. The zero-order valence-electron chi connectivity index (χ0n) is 21.9. The first kappa shape index (κ1) is 27.1. The van der Waals surface area contributed by atoms with E-state index in [9.17, 15) is 4.79 Å². The van der Waals surface area contributed by atoms with Gasteiger partial charge in [-0.2, -0.15) is 0 Å². The van der Waals surface area contributed by atoms with Crippen molar-refractivity contribution in [3.8, 4) is 16.9 Å². The maximum absolute atomic E-state index is 13.2. The number of ketones is 1. The highest BCUT2D eigenvalue weighted by molar-refractivity contribution is 9.10. The Balaban J connectivity index is 1.36. The van der Waals surface area contributed by atoms with Crippen LogP contribution in [0.25, 0.3) is 11.1 Å². The van der Waals surface area contributed by atoms with Gasteiger partial charge in [-0.1, -0.05) is 126 Å². The van der Waals surface area contributed by atoms with E-state index in [2.05, 4.69) is 120 Å². The predicted octanol–water partition coefficient (Wildman–Crippen LogP) is 8.57. The topological polar surface area (TPSA) is 26.3 Å². The van der Waals surface area contributed by atoms with Crippen LogP contribution >= 0.6 is 23.9 Å². The van der Waals surface area contributed by atoms with Gasteiger partial charge in [0.2, 0.25) is 0 Å². The second-order valence-corrected chi connectivity index (χ2v) is 12.5. The maximum Gasteiger partial charge on any atom is 0.200 e. The SMILES string of the molecule is CCc1cccc(-c2cccc(C(=O)COc3ccc(Br)cc3CP(c3ccccc3)c3ccccc3)c2)c1. The molecule has 0 aliphatic heterocycles. The summed E-state index contributed by atoms with van der Waals surface area (Å²) in [6.45, 7) is 2.14. The Morgan fingerprint density at radius 2 is 1.36 bits per heavy atom. The van der Waals surface area contributed by atoms with Crippen LogP contribution in [-0.2, 0) is 12.6 Å². The van der Waals surface area contributed by atoms with Crippen LogP contribution < -0.4 is 15.3 Å². The minimum absolute atomic E-state index is 0.0122. The zero-order chi connectivity index (χ0) is 27.0. The molecule has 5 aromatic rings. The average Bonchev–Trinajstić information content (AvgIpc) is 3.00. The van der Waals surface area contributed by atoms with Crippen molar-refractivity contribution in [2.24, 2.45) is 0 Å². The van der Waals surface area contributed by atoms with E-state index in [1.165, 1.54) is 16.2 Å². The summed E-state index contributed by atoms with van der Waals surface area (Å²) in [5.74, 6) is 0.712. The molecule has 0 aliphatic rings. The van der Waals surface area contributed by atoms with E-state index in [1.807, 2.05) is 30.3 Å². The largest absolute Gasteiger partial charge is 0.485 e. The van der Waals surface area contributed by atoms with Crippen molar-refractivity contribution >= 4 is 40.2 Å². The fourth-order valence-corrected chi connectivity index (χ4v) is 7.32. The summed E-state index contributed by atoms with van der Waals surface area (Å²) < 4.78 is 7.20. The van der Waals surface area contributed by atoms with Crippen LogP contribution in [0.4, 0.5) is 0 Å². The number of hydrogen-bond acceptors (Lipinski definition) is 2. The molecule has 0 amide bonds. The lowest BCUT2D eigenvalue weighted by Gasteiger charge is -2.21. The van der Waals surface area contributed by atoms with Gasteiger partial charge in [0.25, 0.3) is 0 Å². The molecule has 5 aromatic carbocycles. The van der Waals surface area contributed by atoms with Crippen LogP contribution in [0.5, 0.6) is 5.75 Å². The van der Waals surface area contributed by atoms with E-state index in [4.69, 9.17) is 4.74 Å². The lowest BCUT2D eigenvalue weighted by Crippen LogP contribution is -2.15. The van der Waals surface area contributed by atoms with Gasteiger partial charge in [0.1, 0.15) is 5.75 Å². The van der Waals surface area contributed by atoms with E-state index in [0.717, 1.165) is 39.5 Å². The van der Waals surface area contributed by atoms with Gasteiger partial charge < -0.3 is 4.74 Å². The maximum atomic E-state index is 13.2. The molecule has 0 atom stereocenters. The third kappa shape index (κ3) is 6.92. The normalized spacial score (nSPS) is 10.9. The molecule has 0 aromatic heterocycles. The fourth-order valence-electron chi connectivity index (χ4n) is 4.60. The number of rotatable bonds is 10. The number of halogens is 1. The Morgan fingerprint density at radius 3 is 2.03 bits per heavy atom. The molecule has 0 fully saturated rings. The second kappa shape index (κ2) is 13.0. The molecule has 0 unspecified atom stereocenters. The molecule has 194 valence electrons. The third-order valence-corrected chi connectivity index (χ3v) is 9.69. The first-order valence-electron chi connectivity index (χ1n) is 13.1. The number of benzene rings is 5. The summed E-state index contributed by atoms with van der Waals surface area (Å²) in [4.78, 5) is 13.2. The molecule has 0 saturated heterocycles. The lowest BCUT2D eigenvalue weighted by atomic mass is 9.99. The summed E-state index contributed by atoms with van der Waals surface area (Å²) in [6.07, 6.45) is 1.79. The van der Waals surface area contributed by atoms with Crippen LogP contribution in [0.3, 0.4) is 0 Å². The number of aryl methyl sites for hydroxylation is 1. The minimum atomic E-state index is -0.646. The Hall–Kier alpha value is -3.52. The van der Waals surface area contributed by atoms with Gasteiger partial charge >= 0.3 is 0 Å². The first-order valence-corrected chi connectivity index (χ1v) is 15.4. The van der Waals surface area contributed by atoms with Crippen LogP contribution in [0.1, 0.15) is 28.4 Å². The highest BCUT2D eigenvalue weighted by Crippen LogP contribution is 2.41. The van der Waals surface area contributed by atoms with E-state index >= 15 is 0 Å². The lowest BCUT2D eigenvalue weighted by molar-refractivity contribution is 0.0921. The van der Waals surface area contributed by atoms with Gasteiger partial charge in [-0.15, -0.1) is 0 Å². The summed E-state index contributed by atoms with van der Waals surface area (Å²) in [5.41, 5.74) is 5.18. The van der Waals surface area contributed by atoms with Crippen LogP contribution in [0, 0.1) is 0 Å². The smallest absolute Gasteiger partial charge is 0.200 e. The molecule has 0 aliphatic carbocycles. The van der Waals surface area contributed by atoms with Crippen molar-refractivity contribution in [3.63, 3.8) is 0 Å². The van der Waals surface area contributed by atoms with Crippen molar-refractivity contribution in [2.45, 2.75) is 19.5 Å². The summed E-state index contributed by atoms with van der Waals surface area (Å²) in [6, 6.07) is 43.6. The van der Waals surface area contributed by atoms with Gasteiger partial charge in [0.05, 0.1) is 0 Å². The standard InChI is InChI=1S/C35H30BrO2P/c1-2-26-11-9-12-27(21-26)28-13-10-14-29(22-28)34(37)24-38-35-20-19-31(36)23-30(35)25-39(32-15-5-3-6-16-32)33-17-7-4-8-18-33/h3-23H,2,24-25H2,1H3. The number of ether oxygens (including phenoxy) is 1.